The first kappa shape index (κ1) is 17.5. The number of carbonyl (C=O) groups is 1. The van der Waals surface area contributed by atoms with Gasteiger partial charge in [0.05, 0.1) is 0 Å². The van der Waals surface area contributed by atoms with Gasteiger partial charge in [-0.05, 0) is 5.41 Å². The summed E-state index contributed by atoms with van der Waals surface area (Å²) >= 11 is 0. The van der Waals surface area contributed by atoms with E-state index >= 15 is 0 Å². The van der Waals surface area contributed by atoms with Crippen molar-refractivity contribution in [2.24, 2.45) is 5.41 Å². The maximum absolute atomic E-state index is 9.43. The quantitative estimate of drug-likeness (QED) is 0.561. The van der Waals surface area contributed by atoms with Gasteiger partial charge in [-0.25, -0.2) is 0 Å². The molecule has 0 aliphatic carbocycles. The fourth-order valence-corrected chi connectivity index (χ4v) is 0. The van der Waals surface area contributed by atoms with Crippen molar-refractivity contribution in [1.82, 2.24) is 4.90 Å². The number of hydrogen-bond donors (Lipinski definition) is 0. The van der Waals surface area contributed by atoms with E-state index in [1.54, 1.807) is 14.1 Å². The van der Waals surface area contributed by atoms with Gasteiger partial charge in [0.15, 0.2) is 0 Å². The Balaban J connectivity index is -0.000000112. The summed E-state index contributed by atoms with van der Waals surface area (Å²) < 4.78 is 0. The first-order chi connectivity index (χ1) is 5.27. The Hall–Kier alpha value is -0.530. The molecule has 0 saturated heterocycles. The first-order valence-corrected chi connectivity index (χ1v) is 4.39. The van der Waals surface area contributed by atoms with Crippen molar-refractivity contribution >= 4 is 6.41 Å². The van der Waals surface area contributed by atoms with Crippen molar-refractivity contribution in [3.63, 3.8) is 0 Å². The Kier molecular flexibility index (Phi) is 15.3. The molecule has 0 aromatic carbocycles. The molecule has 12 heavy (non-hydrogen) atoms. The SMILES string of the molecule is CC.CC(C)(C)C.CN(C)C=O. The standard InChI is InChI=1S/C5H12.C3H7NO.C2H6/c1-5(2,3)4;1-4(2)3-5;1-2/h1-4H3;3H,1-2H3;1-2H3. The summed E-state index contributed by atoms with van der Waals surface area (Å²) in [4.78, 5) is 10.9. The number of amides is 1. The number of nitrogens with zero attached hydrogens (tertiary/aromatic N) is 1. The molecule has 0 aromatic heterocycles. The Morgan fingerprint density at radius 1 is 1.00 bits per heavy atom. The second-order valence-corrected chi connectivity index (χ2v) is 4.07. The molecule has 76 valence electrons. The zero-order chi connectivity index (χ0) is 10.8. The minimum atomic E-state index is 0.500. The van der Waals surface area contributed by atoms with E-state index in [2.05, 4.69) is 27.7 Å². The molecule has 1 amide bonds. The minimum absolute atomic E-state index is 0.500. The highest BCUT2D eigenvalue weighted by Crippen LogP contribution is 2.07. The van der Waals surface area contributed by atoms with Gasteiger partial charge in [-0.15, -0.1) is 0 Å². The lowest BCUT2D eigenvalue weighted by molar-refractivity contribution is -0.115. The van der Waals surface area contributed by atoms with Gasteiger partial charge < -0.3 is 4.90 Å². The lowest BCUT2D eigenvalue weighted by atomic mass is 10.0. The number of carbonyl (C=O) groups excluding carboxylic acids is 1. The highest BCUT2D eigenvalue weighted by Gasteiger charge is 1.95. The van der Waals surface area contributed by atoms with Crippen LogP contribution in [0.2, 0.25) is 0 Å². The monoisotopic (exact) mass is 175 g/mol. The van der Waals surface area contributed by atoms with Gasteiger partial charge in [0.1, 0.15) is 0 Å². The van der Waals surface area contributed by atoms with Gasteiger partial charge in [-0.1, -0.05) is 41.5 Å². The first-order valence-electron chi connectivity index (χ1n) is 4.39. The molecule has 0 rings (SSSR count). The molecule has 0 spiro atoms. The van der Waals surface area contributed by atoms with E-state index in [1.165, 1.54) is 4.90 Å². The molecule has 0 aliphatic heterocycles. The highest BCUT2D eigenvalue weighted by atomic mass is 16.1. The van der Waals surface area contributed by atoms with E-state index in [0.717, 1.165) is 6.41 Å². The molecule has 0 radical (unpaired) electrons. The third-order valence-electron chi connectivity index (χ3n) is 0.211. The molecule has 0 fully saturated rings. The Labute approximate surface area is 78.0 Å². The smallest absolute Gasteiger partial charge is 0.209 e. The van der Waals surface area contributed by atoms with Crippen LogP contribution in [0.4, 0.5) is 0 Å². The van der Waals surface area contributed by atoms with Gasteiger partial charge >= 0.3 is 0 Å². The van der Waals surface area contributed by atoms with E-state index in [0.29, 0.717) is 5.41 Å². The van der Waals surface area contributed by atoms with Crippen LogP contribution in [0, 0.1) is 5.41 Å². The van der Waals surface area contributed by atoms with E-state index in [9.17, 15) is 4.79 Å². The average molecular weight is 175 g/mol. The molecule has 0 N–H and O–H groups in total. The predicted octanol–water partition coefficient (Wildman–Crippen LogP) is 2.78. The second-order valence-electron chi connectivity index (χ2n) is 4.07. The molecule has 0 saturated carbocycles. The van der Waals surface area contributed by atoms with Crippen molar-refractivity contribution in [1.29, 1.82) is 0 Å². The van der Waals surface area contributed by atoms with Crippen LogP contribution >= 0.6 is 0 Å². The van der Waals surface area contributed by atoms with Crippen molar-refractivity contribution in [3.8, 4) is 0 Å². The number of rotatable bonds is 1. The van der Waals surface area contributed by atoms with Crippen LogP contribution in [-0.2, 0) is 4.79 Å². The number of hydrogen-bond acceptors (Lipinski definition) is 1. The maximum atomic E-state index is 9.43. The van der Waals surface area contributed by atoms with E-state index in [-0.39, 0.29) is 0 Å². The van der Waals surface area contributed by atoms with Crippen LogP contribution < -0.4 is 0 Å². The fraction of sp³-hybridized carbons (Fsp3) is 0.900. The Morgan fingerprint density at radius 3 is 1.08 bits per heavy atom. The zero-order valence-electron chi connectivity index (χ0n) is 9.93. The topological polar surface area (TPSA) is 20.3 Å². The van der Waals surface area contributed by atoms with Gasteiger partial charge in [0, 0.05) is 14.1 Å². The molecule has 0 atom stereocenters. The van der Waals surface area contributed by atoms with Crippen molar-refractivity contribution in [2.75, 3.05) is 14.1 Å². The molecule has 0 aliphatic rings. The van der Waals surface area contributed by atoms with Crippen LogP contribution in [0.15, 0.2) is 0 Å². The normalized spacial score (nSPS) is 8.33. The van der Waals surface area contributed by atoms with Crippen LogP contribution in [0.25, 0.3) is 0 Å². The molecular formula is C10H25NO. The lowest BCUT2D eigenvalue weighted by Gasteiger charge is -2.05. The molecule has 2 heteroatoms. The van der Waals surface area contributed by atoms with Crippen LogP contribution in [-0.4, -0.2) is 25.4 Å². The molecule has 0 unspecified atom stereocenters. The molecular weight excluding hydrogens is 150 g/mol. The summed E-state index contributed by atoms with van der Waals surface area (Å²) in [6, 6.07) is 0. The van der Waals surface area contributed by atoms with E-state index < -0.39 is 0 Å². The van der Waals surface area contributed by atoms with Gasteiger partial charge in [0.25, 0.3) is 0 Å². The van der Waals surface area contributed by atoms with Crippen LogP contribution in [0.5, 0.6) is 0 Å². The Morgan fingerprint density at radius 2 is 1.08 bits per heavy atom. The van der Waals surface area contributed by atoms with Crippen LogP contribution in [0.3, 0.4) is 0 Å². The largest absolute Gasteiger partial charge is 0.351 e. The molecule has 0 heterocycles. The lowest BCUT2D eigenvalue weighted by Crippen LogP contribution is -2.06. The fourth-order valence-electron chi connectivity index (χ4n) is 0. The van der Waals surface area contributed by atoms with E-state index in [4.69, 9.17) is 0 Å². The Bertz CT molecular complexity index is 76.3. The van der Waals surface area contributed by atoms with Crippen LogP contribution in [0.1, 0.15) is 41.5 Å². The van der Waals surface area contributed by atoms with Gasteiger partial charge in [-0.2, -0.15) is 0 Å². The zero-order valence-corrected chi connectivity index (χ0v) is 9.93. The summed E-state index contributed by atoms with van der Waals surface area (Å²) in [5.74, 6) is 0. The summed E-state index contributed by atoms with van der Waals surface area (Å²) in [6.45, 7) is 12.8. The minimum Gasteiger partial charge on any atom is -0.351 e. The van der Waals surface area contributed by atoms with Crippen molar-refractivity contribution in [3.05, 3.63) is 0 Å². The summed E-state index contributed by atoms with van der Waals surface area (Å²) in [5, 5.41) is 0. The van der Waals surface area contributed by atoms with Crippen molar-refractivity contribution < 1.29 is 4.79 Å². The second kappa shape index (κ2) is 10.5. The highest BCUT2D eigenvalue weighted by molar-refractivity contribution is 5.45. The predicted molar refractivity (Wildman–Crippen MR) is 56.2 cm³/mol. The molecule has 0 aromatic rings. The maximum Gasteiger partial charge on any atom is 0.209 e. The average Bonchev–Trinajstić information content (AvgIpc) is 1.89. The molecule has 0 bridgehead atoms. The third kappa shape index (κ3) is 314. The summed E-state index contributed by atoms with van der Waals surface area (Å²) in [5.41, 5.74) is 0.500. The van der Waals surface area contributed by atoms with E-state index in [1.807, 2.05) is 13.8 Å². The van der Waals surface area contributed by atoms with Gasteiger partial charge in [0.2, 0.25) is 6.41 Å². The third-order valence-corrected chi connectivity index (χ3v) is 0.211. The van der Waals surface area contributed by atoms with Gasteiger partial charge in [-0.3, -0.25) is 4.79 Å². The summed E-state index contributed by atoms with van der Waals surface area (Å²) in [6.07, 6.45) is 0.750. The molecule has 2 nitrogen and oxygen atoms in total. The summed E-state index contributed by atoms with van der Waals surface area (Å²) in [7, 11) is 3.38. The van der Waals surface area contributed by atoms with Crippen molar-refractivity contribution in [2.45, 2.75) is 41.5 Å².